The summed E-state index contributed by atoms with van der Waals surface area (Å²) in [4.78, 5) is 17.7. The van der Waals surface area contributed by atoms with Crippen LogP contribution in [0.25, 0.3) is 0 Å². The van der Waals surface area contributed by atoms with E-state index in [4.69, 9.17) is 5.11 Å². The highest BCUT2D eigenvalue weighted by Crippen LogP contribution is 2.27. The van der Waals surface area contributed by atoms with Gasteiger partial charge in [0.1, 0.15) is 10.3 Å². The summed E-state index contributed by atoms with van der Waals surface area (Å²) in [5.74, 6) is -1.25. The largest absolute Gasteiger partial charge is 0.480 e. The number of aromatic nitrogens is 2. The summed E-state index contributed by atoms with van der Waals surface area (Å²) in [5.41, 5.74) is 0.533. The van der Waals surface area contributed by atoms with Crippen molar-refractivity contribution in [1.29, 1.82) is 0 Å². The van der Waals surface area contributed by atoms with Crippen molar-refractivity contribution in [2.24, 2.45) is 0 Å². The number of hydrogen-bond acceptors (Lipinski definition) is 5. The third kappa shape index (κ3) is 3.45. The predicted octanol–water partition coefficient (Wildman–Crippen LogP) is 1.21. The molecule has 0 aromatic carbocycles. The molecule has 0 aliphatic heterocycles. The van der Waals surface area contributed by atoms with Crippen LogP contribution in [0.3, 0.4) is 0 Å². The second-order valence-electron chi connectivity index (χ2n) is 3.85. The average molecular weight is 380 g/mol. The molecule has 0 aliphatic carbocycles. The third-order valence-corrected chi connectivity index (χ3v) is 6.54. The first-order valence-corrected chi connectivity index (χ1v) is 8.51. The Hall–Kier alpha value is -1.23. The molecule has 0 amide bonds. The number of rotatable bonds is 6. The summed E-state index contributed by atoms with van der Waals surface area (Å²) in [7, 11) is -3.89. The van der Waals surface area contributed by atoms with Crippen molar-refractivity contribution in [3.05, 3.63) is 34.1 Å². The minimum absolute atomic E-state index is 0.0163. The number of nitrogens with zero attached hydrogens (tertiary/aromatic N) is 1. The summed E-state index contributed by atoms with van der Waals surface area (Å²) >= 11 is 4.13. The highest BCUT2D eigenvalue weighted by atomic mass is 79.9. The second-order valence-corrected chi connectivity index (χ2v) is 7.53. The van der Waals surface area contributed by atoms with Crippen LogP contribution in [0.15, 0.2) is 32.7 Å². The predicted molar refractivity (Wildman–Crippen MR) is 76.1 cm³/mol. The molecule has 0 aliphatic rings. The molecule has 2 heterocycles. The molecule has 20 heavy (non-hydrogen) atoms. The van der Waals surface area contributed by atoms with Gasteiger partial charge < -0.3 is 10.1 Å². The zero-order valence-electron chi connectivity index (χ0n) is 9.91. The van der Waals surface area contributed by atoms with E-state index < -0.39 is 22.0 Å². The molecule has 3 N–H and O–H groups in total. The second kappa shape index (κ2) is 6.04. The van der Waals surface area contributed by atoms with E-state index in [9.17, 15) is 13.2 Å². The first-order chi connectivity index (χ1) is 9.40. The van der Waals surface area contributed by atoms with Gasteiger partial charge in [-0.3, -0.25) is 4.79 Å². The van der Waals surface area contributed by atoms with Gasteiger partial charge in [0, 0.05) is 22.8 Å². The number of thiophene rings is 1. The lowest BCUT2D eigenvalue weighted by atomic mass is 10.2. The summed E-state index contributed by atoms with van der Waals surface area (Å²) in [5, 5.41) is 10.7. The number of nitrogens with one attached hydrogen (secondary N) is 2. The maximum absolute atomic E-state index is 12.1. The van der Waals surface area contributed by atoms with Crippen molar-refractivity contribution in [2.75, 3.05) is 0 Å². The Morgan fingerprint density at radius 3 is 2.85 bits per heavy atom. The fourth-order valence-electron chi connectivity index (χ4n) is 1.51. The molecule has 0 saturated carbocycles. The lowest BCUT2D eigenvalue weighted by Crippen LogP contribution is -2.42. The molecule has 0 spiro atoms. The van der Waals surface area contributed by atoms with Crippen molar-refractivity contribution in [2.45, 2.75) is 16.7 Å². The Bertz CT molecular complexity index is 696. The van der Waals surface area contributed by atoms with Gasteiger partial charge in [-0.1, -0.05) is 0 Å². The van der Waals surface area contributed by atoms with Crippen LogP contribution in [0.1, 0.15) is 5.69 Å². The third-order valence-electron chi connectivity index (χ3n) is 2.40. The lowest BCUT2D eigenvalue weighted by molar-refractivity contribution is -0.138. The molecule has 2 aromatic heterocycles. The molecule has 0 fully saturated rings. The Morgan fingerprint density at radius 2 is 2.35 bits per heavy atom. The van der Waals surface area contributed by atoms with Gasteiger partial charge in [0.15, 0.2) is 0 Å². The van der Waals surface area contributed by atoms with Gasteiger partial charge in [-0.05, 0) is 27.4 Å². The molecule has 10 heteroatoms. The minimum atomic E-state index is -3.89. The van der Waals surface area contributed by atoms with E-state index in [1.54, 1.807) is 11.4 Å². The lowest BCUT2D eigenvalue weighted by Gasteiger charge is -2.13. The molecule has 0 bridgehead atoms. The van der Waals surface area contributed by atoms with Crippen LogP contribution >= 0.6 is 27.3 Å². The fourth-order valence-corrected chi connectivity index (χ4v) is 5.05. The van der Waals surface area contributed by atoms with Gasteiger partial charge in [0.25, 0.3) is 10.0 Å². The number of halogens is 1. The number of carboxylic acids is 1. The van der Waals surface area contributed by atoms with Crippen LogP contribution in [0.2, 0.25) is 0 Å². The number of H-pyrrole nitrogens is 1. The number of carboxylic acid groups (broad SMARTS) is 1. The van der Waals surface area contributed by atoms with Crippen LogP contribution in [-0.4, -0.2) is 35.5 Å². The van der Waals surface area contributed by atoms with Crippen molar-refractivity contribution in [3.63, 3.8) is 0 Å². The average Bonchev–Trinajstić information content (AvgIpc) is 2.99. The van der Waals surface area contributed by atoms with Crippen LogP contribution in [0.4, 0.5) is 0 Å². The van der Waals surface area contributed by atoms with E-state index in [0.29, 0.717) is 10.2 Å². The van der Waals surface area contributed by atoms with Crippen LogP contribution in [0.5, 0.6) is 0 Å². The van der Waals surface area contributed by atoms with E-state index in [1.165, 1.54) is 12.5 Å². The Kier molecular flexibility index (Phi) is 4.58. The SMILES string of the molecule is O=C(O)[C@H](Cc1cnc[nH]1)NS(=O)(=O)c1sccc1Br. The molecular formula is C10H10BrN3O4S2. The van der Waals surface area contributed by atoms with E-state index >= 15 is 0 Å². The number of carbonyl (C=O) groups is 1. The maximum atomic E-state index is 12.1. The minimum Gasteiger partial charge on any atom is -0.480 e. The van der Waals surface area contributed by atoms with Crippen molar-refractivity contribution < 1.29 is 18.3 Å². The zero-order chi connectivity index (χ0) is 14.8. The monoisotopic (exact) mass is 379 g/mol. The number of hydrogen-bond donors (Lipinski definition) is 3. The quantitative estimate of drug-likeness (QED) is 0.697. The van der Waals surface area contributed by atoms with Gasteiger partial charge in [-0.15, -0.1) is 11.3 Å². The van der Waals surface area contributed by atoms with E-state index in [0.717, 1.165) is 11.3 Å². The molecule has 0 unspecified atom stereocenters. The van der Waals surface area contributed by atoms with Crippen molar-refractivity contribution >= 4 is 43.3 Å². The normalized spacial score (nSPS) is 13.2. The van der Waals surface area contributed by atoms with Gasteiger partial charge in [-0.2, -0.15) is 4.72 Å². The molecule has 0 radical (unpaired) electrons. The van der Waals surface area contributed by atoms with Crippen molar-refractivity contribution in [1.82, 2.24) is 14.7 Å². The van der Waals surface area contributed by atoms with Crippen molar-refractivity contribution in [3.8, 4) is 0 Å². The zero-order valence-corrected chi connectivity index (χ0v) is 13.1. The van der Waals surface area contributed by atoms with Gasteiger partial charge in [0.2, 0.25) is 0 Å². The smallest absolute Gasteiger partial charge is 0.322 e. The summed E-state index contributed by atoms with van der Waals surface area (Å²) in [6.07, 6.45) is 2.83. The highest BCUT2D eigenvalue weighted by molar-refractivity contribution is 9.10. The summed E-state index contributed by atoms with van der Waals surface area (Å²) in [6, 6.07) is 0.318. The number of aromatic amines is 1. The molecular weight excluding hydrogens is 370 g/mol. The highest BCUT2D eigenvalue weighted by Gasteiger charge is 2.28. The summed E-state index contributed by atoms with van der Waals surface area (Å²) in [6.45, 7) is 0. The first-order valence-electron chi connectivity index (χ1n) is 5.35. The maximum Gasteiger partial charge on any atom is 0.322 e. The van der Waals surface area contributed by atoms with E-state index in [-0.39, 0.29) is 10.6 Å². The number of sulfonamides is 1. The topological polar surface area (TPSA) is 112 Å². The molecule has 7 nitrogen and oxygen atoms in total. The molecule has 2 aromatic rings. The van der Waals surface area contributed by atoms with E-state index in [1.807, 2.05) is 0 Å². The van der Waals surface area contributed by atoms with E-state index in [2.05, 4.69) is 30.6 Å². The summed E-state index contributed by atoms with van der Waals surface area (Å²) < 4.78 is 26.9. The Labute approximate surface area is 127 Å². The number of aliphatic carboxylic acids is 1. The van der Waals surface area contributed by atoms with Crippen LogP contribution in [0, 0.1) is 0 Å². The first kappa shape index (κ1) is 15.2. The standard InChI is InChI=1S/C10H10BrN3O4S2/c11-7-1-2-19-10(7)20(17,18)14-8(9(15)16)3-6-4-12-5-13-6/h1-2,4-5,8,14H,3H2,(H,12,13)(H,15,16)/t8-/m0/s1. The van der Waals surface area contributed by atoms with Gasteiger partial charge in [-0.25, -0.2) is 13.4 Å². The Balaban J connectivity index is 2.20. The molecule has 1 atom stereocenters. The van der Waals surface area contributed by atoms with Crippen LogP contribution < -0.4 is 4.72 Å². The molecule has 0 saturated heterocycles. The molecule has 2 rings (SSSR count). The van der Waals surface area contributed by atoms with Gasteiger partial charge in [0.05, 0.1) is 6.33 Å². The van der Waals surface area contributed by atoms with Crippen LogP contribution in [-0.2, 0) is 21.2 Å². The number of imidazole rings is 1. The van der Waals surface area contributed by atoms with Gasteiger partial charge >= 0.3 is 5.97 Å². The molecule has 108 valence electrons. The fraction of sp³-hybridized carbons (Fsp3) is 0.200. The Morgan fingerprint density at radius 1 is 1.60 bits per heavy atom.